The van der Waals surface area contributed by atoms with Crippen LogP contribution in [0.1, 0.15) is 41.7 Å². The summed E-state index contributed by atoms with van der Waals surface area (Å²) >= 11 is 0. The van der Waals surface area contributed by atoms with Gasteiger partial charge in [0, 0.05) is 17.4 Å². The number of aryl methyl sites for hydroxylation is 1. The Morgan fingerprint density at radius 2 is 1.53 bits per heavy atom. The molecular formula is C29H28O5. The molecule has 1 aromatic heterocycles. The van der Waals surface area contributed by atoms with Crippen molar-refractivity contribution in [2.45, 2.75) is 46.3 Å². The minimum atomic E-state index is -0.396. The Bertz CT molecular complexity index is 1340. The molecule has 4 rings (SSSR count). The molecule has 0 aliphatic carbocycles. The summed E-state index contributed by atoms with van der Waals surface area (Å²) < 4.78 is 17.4. The third-order valence-electron chi connectivity index (χ3n) is 5.67. The smallest absolute Gasteiger partial charge is 0.340 e. The Morgan fingerprint density at radius 1 is 0.882 bits per heavy atom. The second-order valence-electron chi connectivity index (χ2n) is 8.56. The molecule has 0 spiro atoms. The van der Waals surface area contributed by atoms with E-state index in [1.807, 2.05) is 93.6 Å². The molecule has 0 atom stereocenters. The normalized spacial score (nSPS) is 11.1. The van der Waals surface area contributed by atoms with E-state index in [9.17, 15) is 9.59 Å². The van der Waals surface area contributed by atoms with E-state index in [1.165, 1.54) is 0 Å². The van der Waals surface area contributed by atoms with Crippen molar-refractivity contribution >= 4 is 16.9 Å². The number of ether oxygens (including phenoxy) is 2. The molecule has 1 heterocycles. The van der Waals surface area contributed by atoms with Crippen LogP contribution in [0.2, 0.25) is 0 Å². The molecule has 0 saturated carbocycles. The van der Waals surface area contributed by atoms with E-state index in [0.29, 0.717) is 28.9 Å². The second-order valence-corrected chi connectivity index (χ2v) is 8.56. The maximum Gasteiger partial charge on any atom is 0.340 e. The van der Waals surface area contributed by atoms with Crippen molar-refractivity contribution in [2.75, 3.05) is 0 Å². The maximum atomic E-state index is 13.0. The van der Waals surface area contributed by atoms with Gasteiger partial charge in [0.2, 0.25) is 0 Å². The van der Waals surface area contributed by atoms with Crippen molar-refractivity contribution in [3.8, 4) is 5.75 Å². The molecule has 0 bridgehead atoms. The van der Waals surface area contributed by atoms with Gasteiger partial charge in [-0.1, -0.05) is 60.7 Å². The highest BCUT2D eigenvalue weighted by Crippen LogP contribution is 2.32. The van der Waals surface area contributed by atoms with Crippen molar-refractivity contribution in [1.29, 1.82) is 0 Å². The van der Waals surface area contributed by atoms with Crippen molar-refractivity contribution in [2.24, 2.45) is 0 Å². The number of carbonyl (C=O) groups excluding carboxylic acids is 1. The van der Waals surface area contributed by atoms with Crippen LogP contribution < -0.4 is 10.4 Å². The Hall–Kier alpha value is -3.86. The van der Waals surface area contributed by atoms with Crippen molar-refractivity contribution in [3.05, 3.63) is 111 Å². The van der Waals surface area contributed by atoms with Gasteiger partial charge in [-0.3, -0.25) is 4.79 Å². The monoisotopic (exact) mass is 456 g/mol. The van der Waals surface area contributed by atoms with E-state index in [-0.39, 0.29) is 25.1 Å². The number of fused-ring (bicyclic) bond motifs is 1. The molecule has 34 heavy (non-hydrogen) atoms. The van der Waals surface area contributed by atoms with E-state index < -0.39 is 5.63 Å². The summed E-state index contributed by atoms with van der Waals surface area (Å²) in [5.41, 5.74) is 3.92. The first-order valence-corrected chi connectivity index (χ1v) is 11.4. The maximum absolute atomic E-state index is 13.0. The van der Waals surface area contributed by atoms with Gasteiger partial charge < -0.3 is 13.9 Å². The largest absolute Gasteiger partial charge is 0.490 e. The lowest BCUT2D eigenvalue weighted by atomic mass is 9.98. The zero-order valence-electron chi connectivity index (χ0n) is 19.7. The summed E-state index contributed by atoms with van der Waals surface area (Å²) in [4.78, 5) is 25.5. The molecule has 0 fully saturated rings. The average Bonchev–Trinajstić information content (AvgIpc) is 2.82. The van der Waals surface area contributed by atoms with Crippen LogP contribution in [0, 0.1) is 6.92 Å². The third-order valence-corrected chi connectivity index (χ3v) is 5.67. The Labute approximate surface area is 199 Å². The summed E-state index contributed by atoms with van der Waals surface area (Å²) in [6.45, 7) is 5.71. The molecule has 0 unspecified atom stereocenters. The van der Waals surface area contributed by atoms with Crippen molar-refractivity contribution < 1.29 is 18.7 Å². The van der Waals surface area contributed by atoms with Gasteiger partial charge in [-0.25, -0.2) is 4.79 Å². The summed E-state index contributed by atoms with van der Waals surface area (Å²) in [6, 6.07) is 23.0. The fourth-order valence-corrected chi connectivity index (χ4v) is 3.96. The molecule has 0 saturated heterocycles. The number of carbonyl (C=O) groups is 1. The van der Waals surface area contributed by atoms with Gasteiger partial charge in [-0.2, -0.15) is 0 Å². The van der Waals surface area contributed by atoms with Gasteiger partial charge in [0.15, 0.2) is 0 Å². The molecule has 174 valence electrons. The van der Waals surface area contributed by atoms with Gasteiger partial charge in [0.25, 0.3) is 0 Å². The predicted octanol–water partition coefficient (Wildman–Crippen LogP) is 5.77. The van der Waals surface area contributed by atoms with E-state index in [0.717, 1.165) is 22.1 Å². The van der Waals surface area contributed by atoms with Gasteiger partial charge in [0.05, 0.1) is 18.1 Å². The summed E-state index contributed by atoms with van der Waals surface area (Å²) in [6.07, 6.45) is 0.550. The molecule has 0 N–H and O–H groups in total. The lowest BCUT2D eigenvalue weighted by molar-refractivity contribution is -0.144. The lowest BCUT2D eigenvalue weighted by Crippen LogP contribution is -2.14. The van der Waals surface area contributed by atoms with Gasteiger partial charge >= 0.3 is 11.6 Å². The molecule has 5 heteroatoms. The molecule has 0 aliphatic heterocycles. The van der Waals surface area contributed by atoms with Crippen LogP contribution in [0.15, 0.2) is 82.0 Å². The van der Waals surface area contributed by atoms with Crippen LogP contribution in [0.25, 0.3) is 11.0 Å². The first kappa shape index (κ1) is 23.3. The van der Waals surface area contributed by atoms with Crippen LogP contribution in [0.4, 0.5) is 0 Å². The molecular weight excluding hydrogens is 428 g/mol. The topological polar surface area (TPSA) is 65.7 Å². The average molecular weight is 457 g/mol. The highest BCUT2D eigenvalue weighted by molar-refractivity contribution is 5.86. The first-order valence-electron chi connectivity index (χ1n) is 11.4. The predicted molar refractivity (Wildman–Crippen MR) is 132 cm³/mol. The quantitative estimate of drug-likeness (QED) is 0.249. The zero-order valence-corrected chi connectivity index (χ0v) is 19.7. The molecule has 4 aromatic rings. The van der Waals surface area contributed by atoms with E-state index >= 15 is 0 Å². The fraction of sp³-hybridized carbons (Fsp3) is 0.241. The van der Waals surface area contributed by atoms with Gasteiger partial charge in [-0.05, 0) is 49.6 Å². The molecule has 0 aliphatic rings. The van der Waals surface area contributed by atoms with Gasteiger partial charge in [-0.15, -0.1) is 0 Å². The van der Waals surface area contributed by atoms with E-state index in [4.69, 9.17) is 13.9 Å². The molecule has 3 aromatic carbocycles. The SMILES string of the molecule is Cc1c(Cc2ccccc2)c(=O)oc2c(COC(=O)Cc3ccccc3)c(OC(C)C)ccc12. The third kappa shape index (κ3) is 5.37. The zero-order chi connectivity index (χ0) is 24.1. The van der Waals surface area contributed by atoms with Crippen LogP contribution in [0.5, 0.6) is 5.75 Å². The summed E-state index contributed by atoms with van der Waals surface area (Å²) in [5, 5.41) is 0.802. The van der Waals surface area contributed by atoms with Crippen LogP contribution in [-0.4, -0.2) is 12.1 Å². The Morgan fingerprint density at radius 3 is 2.18 bits per heavy atom. The highest BCUT2D eigenvalue weighted by Gasteiger charge is 2.20. The molecule has 0 radical (unpaired) electrons. The van der Waals surface area contributed by atoms with Crippen molar-refractivity contribution in [1.82, 2.24) is 0 Å². The van der Waals surface area contributed by atoms with Crippen LogP contribution in [0.3, 0.4) is 0 Å². The molecule has 0 amide bonds. The lowest BCUT2D eigenvalue weighted by Gasteiger charge is -2.17. The minimum Gasteiger partial charge on any atom is -0.490 e. The number of hydrogen-bond acceptors (Lipinski definition) is 5. The summed E-state index contributed by atoms with van der Waals surface area (Å²) in [7, 11) is 0. The van der Waals surface area contributed by atoms with Crippen molar-refractivity contribution in [3.63, 3.8) is 0 Å². The number of rotatable bonds is 8. The standard InChI is InChI=1S/C29H28O5/c1-19(2)33-26-15-14-23-20(3)24(16-21-10-6-4-7-11-21)29(31)34-28(23)25(26)18-32-27(30)17-22-12-8-5-9-13-22/h4-15,19H,16-18H2,1-3H3. The van der Waals surface area contributed by atoms with E-state index in [1.54, 1.807) is 0 Å². The number of benzene rings is 3. The minimum absolute atomic E-state index is 0.0501. The first-order chi connectivity index (χ1) is 16.4. The van der Waals surface area contributed by atoms with E-state index in [2.05, 4.69) is 0 Å². The second kappa shape index (κ2) is 10.4. The number of hydrogen-bond donors (Lipinski definition) is 0. The van der Waals surface area contributed by atoms with Gasteiger partial charge in [0.1, 0.15) is 17.9 Å². The highest BCUT2D eigenvalue weighted by atomic mass is 16.5. The molecule has 5 nitrogen and oxygen atoms in total. The summed E-state index contributed by atoms with van der Waals surface area (Å²) in [5.74, 6) is 0.173. The Balaban J connectivity index is 1.69. The fourth-order valence-electron chi connectivity index (χ4n) is 3.96. The Kier molecular flexibility index (Phi) is 7.12. The van der Waals surface area contributed by atoms with Crippen LogP contribution in [-0.2, 0) is 29.0 Å². The number of esters is 1. The van der Waals surface area contributed by atoms with Crippen LogP contribution >= 0.6 is 0 Å².